The molecule has 514 valence electrons. The first kappa shape index (κ1) is 63.0. The summed E-state index contributed by atoms with van der Waals surface area (Å²) in [6, 6.07) is 125. The van der Waals surface area contributed by atoms with Crippen molar-refractivity contribution in [2.75, 3.05) is 0 Å². The molecule has 8 heteroatoms. The number of benzene rings is 15. The van der Waals surface area contributed by atoms with Gasteiger partial charge in [0.15, 0.2) is 29.1 Å². The zero-order chi connectivity index (χ0) is 72.4. The molecule has 110 heavy (non-hydrogen) atoms. The van der Waals surface area contributed by atoms with Crippen LogP contribution in [-0.2, 0) is 10.8 Å². The monoisotopic (exact) mass is 1400 g/mol. The highest BCUT2D eigenvalue weighted by Crippen LogP contribution is 2.65. The number of hydrogen-bond donors (Lipinski definition) is 0. The molecular weight excluding hydrogens is 1340 g/mol. The zero-order valence-corrected chi connectivity index (χ0v) is 59.5. The van der Waals surface area contributed by atoms with Crippen molar-refractivity contribution >= 4 is 16.3 Å². The van der Waals surface area contributed by atoms with Crippen LogP contribution in [0.25, 0.3) is 129 Å². The predicted molar refractivity (Wildman–Crippen MR) is 440 cm³/mol. The Morgan fingerprint density at radius 2 is 0.645 bits per heavy atom. The number of allylic oxidation sites excluding steroid dienone is 4. The number of para-hydroxylation sites is 1. The quantitative estimate of drug-likeness (QED) is 0.134. The topological polar surface area (TPSA) is 95.8 Å². The van der Waals surface area contributed by atoms with E-state index < -0.39 is 10.8 Å². The Labute approximate surface area is 636 Å². The van der Waals surface area contributed by atoms with Crippen LogP contribution in [0.4, 0.5) is 0 Å². The summed E-state index contributed by atoms with van der Waals surface area (Å²) >= 11 is 0. The summed E-state index contributed by atoms with van der Waals surface area (Å²) in [6.45, 7) is 0. The molecule has 0 saturated carbocycles. The van der Waals surface area contributed by atoms with Gasteiger partial charge in [-0.3, -0.25) is 0 Å². The molecule has 0 amide bonds. The molecule has 15 aromatic carbocycles. The zero-order valence-electron chi connectivity index (χ0n) is 59.5. The van der Waals surface area contributed by atoms with Gasteiger partial charge in [-0.05, 0) is 143 Å². The average Bonchev–Trinajstić information content (AvgIpc) is 1.52. The van der Waals surface area contributed by atoms with E-state index in [1.165, 1.54) is 44.5 Å². The molecule has 5 aliphatic rings. The summed E-state index contributed by atoms with van der Waals surface area (Å²) in [5, 5.41) is 2.13. The Morgan fingerprint density at radius 3 is 1.20 bits per heavy atom. The van der Waals surface area contributed by atoms with Crippen LogP contribution in [0.2, 0.25) is 0 Å². The van der Waals surface area contributed by atoms with E-state index in [9.17, 15) is 0 Å². The highest BCUT2D eigenvalue weighted by molar-refractivity contribution is 6.04. The van der Waals surface area contributed by atoms with Gasteiger partial charge in [-0.1, -0.05) is 334 Å². The number of fused-ring (bicyclic) bond motifs is 19. The van der Waals surface area contributed by atoms with Crippen molar-refractivity contribution in [2.45, 2.75) is 23.2 Å². The fourth-order valence-electron chi connectivity index (χ4n) is 18.1. The molecule has 4 heterocycles. The van der Waals surface area contributed by atoms with E-state index in [0.717, 1.165) is 128 Å². The second-order valence-corrected chi connectivity index (χ2v) is 29.0. The van der Waals surface area contributed by atoms with E-state index in [1.54, 1.807) is 0 Å². The Hall–Kier alpha value is -14.3. The van der Waals surface area contributed by atoms with Gasteiger partial charge in [0.05, 0.1) is 10.8 Å². The summed E-state index contributed by atoms with van der Waals surface area (Å²) in [5.41, 5.74) is 26.1. The van der Waals surface area contributed by atoms with E-state index >= 15 is 0 Å². The van der Waals surface area contributed by atoms with E-state index in [1.807, 2.05) is 54.6 Å². The number of rotatable bonds is 10. The second kappa shape index (κ2) is 25.2. The maximum atomic E-state index is 7.37. The van der Waals surface area contributed by atoms with Gasteiger partial charge in [0.1, 0.15) is 28.8 Å². The van der Waals surface area contributed by atoms with E-state index in [0.29, 0.717) is 41.4 Å². The van der Waals surface area contributed by atoms with Crippen LogP contribution in [0.1, 0.15) is 68.2 Å². The van der Waals surface area contributed by atoms with Crippen molar-refractivity contribution < 1.29 is 9.47 Å². The lowest BCUT2D eigenvalue weighted by Gasteiger charge is -2.40. The number of ether oxygens (including phenoxy) is 2. The number of nitrogens with zero attached hydrogens (tertiary/aromatic N) is 6. The summed E-state index contributed by atoms with van der Waals surface area (Å²) in [4.78, 5) is 31.7. The molecule has 1 unspecified atom stereocenters. The van der Waals surface area contributed by atoms with Gasteiger partial charge in [0.2, 0.25) is 0 Å². The summed E-state index contributed by atoms with van der Waals surface area (Å²) in [7, 11) is 0. The summed E-state index contributed by atoms with van der Waals surface area (Å²) in [6.07, 6.45) is 7.52. The maximum absolute atomic E-state index is 7.37. The van der Waals surface area contributed by atoms with E-state index in [2.05, 4.69) is 315 Å². The Balaban J connectivity index is 0.603. The van der Waals surface area contributed by atoms with Crippen molar-refractivity contribution in [3.63, 3.8) is 0 Å². The minimum absolute atomic E-state index is 0.158. The van der Waals surface area contributed by atoms with Crippen LogP contribution < -0.4 is 9.47 Å². The molecule has 0 saturated heterocycles. The van der Waals surface area contributed by atoms with Crippen molar-refractivity contribution in [2.24, 2.45) is 0 Å². The van der Waals surface area contributed by atoms with Crippen molar-refractivity contribution in [1.82, 2.24) is 29.9 Å². The smallest absolute Gasteiger partial charge is 0.165 e. The Kier molecular flexibility index (Phi) is 14.4. The van der Waals surface area contributed by atoms with Gasteiger partial charge in [0.25, 0.3) is 0 Å². The van der Waals surface area contributed by atoms with Crippen LogP contribution in [0.3, 0.4) is 0 Å². The van der Waals surface area contributed by atoms with Crippen molar-refractivity contribution in [3.8, 4) is 136 Å². The maximum Gasteiger partial charge on any atom is 0.165 e. The molecular formula is C102H64N6O2. The minimum atomic E-state index is -0.761. The van der Waals surface area contributed by atoms with Gasteiger partial charge in [0, 0.05) is 56.0 Å². The first-order valence-corrected chi connectivity index (χ1v) is 37.6. The fourth-order valence-corrected chi connectivity index (χ4v) is 18.1. The molecule has 1 atom stereocenters. The van der Waals surface area contributed by atoms with Crippen LogP contribution >= 0.6 is 0 Å². The normalized spacial score (nSPS) is 14.5. The Morgan fingerprint density at radius 1 is 0.255 bits per heavy atom. The third-order valence-corrected chi connectivity index (χ3v) is 23.1. The molecule has 0 bridgehead atoms. The molecule has 0 radical (unpaired) electrons. The predicted octanol–water partition coefficient (Wildman–Crippen LogP) is 24.6. The lowest BCUT2D eigenvalue weighted by atomic mass is 9.65. The first-order valence-electron chi connectivity index (χ1n) is 37.6. The molecule has 2 spiro atoms. The van der Waals surface area contributed by atoms with Crippen LogP contribution in [0.5, 0.6) is 23.0 Å². The van der Waals surface area contributed by atoms with Gasteiger partial charge >= 0.3 is 0 Å². The highest BCUT2D eigenvalue weighted by Gasteiger charge is 2.53. The van der Waals surface area contributed by atoms with Gasteiger partial charge in [-0.15, -0.1) is 0 Å². The largest absolute Gasteiger partial charge is 0.457 e. The number of aromatic nitrogens is 6. The second-order valence-electron chi connectivity index (χ2n) is 29.0. The molecule has 8 nitrogen and oxygen atoms in total. The molecule has 17 aromatic rings. The molecule has 2 aliphatic heterocycles. The summed E-state index contributed by atoms with van der Waals surface area (Å²) < 4.78 is 14.1. The molecule has 3 aliphatic carbocycles. The average molecular weight is 1410 g/mol. The highest BCUT2D eigenvalue weighted by atomic mass is 16.5. The molecule has 0 N–H and O–H groups in total. The molecule has 0 fully saturated rings. The lowest BCUT2D eigenvalue weighted by molar-refractivity contribution is 0.436. The van der Waals surface area contributed by atoms with E-state index in [4.69, 9.17) is 39.4 Å². The Bertz CT molecular complexity index is 6540. The first-order chi connectivity index (χ1) is 54.5. The van der Waals surface area contributed by atoms with E-state index in [-0.39, 0.29) is 5.92 Å². The van der Waals surface area contributed by atoms with Crippen molar-refractivity contribution in [3.05, 3.63) is 426 Å². The fraction of sp³-hybridized carbons (Fsp3) is 0.0392. The SMILES string of the molecule is C1=CC(c2ccc3c(c2)Oc2ccc(-c4ccc5ccccc5c4-c4nc(-c5ccccc5)nc(-c5ccccc5)n4)cc2C32c3ccccc3-c3ccccc32)=CC(c2nc(-c3ccccc3)nc(-c3ccc(-c4ccc(-c5ccc6c(c5)C5(c7ccccc7O6)c6ccccc6-c6ccccc65)cc4)cc3)n2)C1. The van der Waals surface area contributed by atoms with Gasteiger partial charge < -0.3 is 9.47 Å². The minimum Gasteiger partial charge on any atom is -0.457 e. The van der Waals surface area contributed by atoms with Crippen LogP contribution in [0, 0.1) is 0 Å². The molecule has 22 rings (SSSR count). The van der Waals surface area contributed by atoms with Crippen LogP contribution in [-0.4, -0.2) is 29.9 Å². The molecule has 2 aromatic heterocycles. The van der Waals surface area contributed by atoms with Gasteiger partial charge in [-0.2, -0.15) is 0 Å². The standard InChI is InChI=1S/C102H64N6O2/c1-4-24-67(25-5-1)95-103-98(70-49-47-64(48-50-70)63-43-45-65(46-44-63)72-53-57-91-88(60-72)101(86-41-20-21-42-90(86)109-91)82-37-16-12-33-78(82)79-34-13-17-38-83(79)101)106-99(105-95)75-31-22-30-71(59-75)73-52-56-87-93(62-73)110-92-58-54-74(61-89(92)102(87)84-39-18-14-35-80(84)81-36-15-19-40-85(81)102)77-55-51-66-23-10-11-32-76(66)94(77)100-107-96(68-26-6-2-7-27-68)104-97(108-100)69-28-8-3-9-29-69/h1-30,32-62,75H,31H2. The lowest BCUT2D eigenvalue weighted by Crippen LogP contribution is -2.32. The van der Waals surface area contributed by atoms with Crippen LogP contribution in [0.15, 0.2) is 370 Å². The number of hydrogen-bond acceptors (Lipinski definition) is 8. The summed E-state index contributed by atoms with van der Waals surface area (Å²) in [5.74, 6) is 6.94. The third-order valence-electron chi connectivity index (χ3n) is 23.1. The van der Waals surface area contributed by atoms with Crippen molar-refractivity contribution in [1.29, 1.82) is 0 Å². The third kappa shape index (κ3) is 9.85. The van der Waals surface area contributed by atoms with Gasteiger partial charge in [-0.25, -0.2) is 29.9 Å².